The molecule has 1 saturated carbocycles. The number of hydrogen-bond donors (Lipinski definition) is 0. The van der Waals surface area contributed by atoms with E-state index in [1.165, 1.54) is 6.42 Å². The normalized spacial score (nSPS) is 16.3. The smallest absolute Gasteiger partial charge is 0.237 e. The highest BCUT2D eigenvalue weighted by atomic mass is 32.2. The van der Waals surface area contributed by atoms with E-state index in [4.69, 9.17) is 0 Å². The van der Waals surface area contributed by atoms with Crippen LogP contribution in [-0.4, -0.2) is 38.1 Å². The van der Waals surface area contributed by atoms with Crippen molar-refractivity contribution in [2.24, 2.45) is 0 Å². The Bertz CT molecular complexity index is 641. The van der Waals surface area contributed by atoms with Crippen LogP contribution in [0.4, 0.5) is 0 Å². The second-order valence-electron chi connectivity index (χ2n) is 6.82. The van der Waals surface area contributed by atoms with Crippen molar-refractivity contribution in [3.63, 3.8) is 0 Å². The highest BCUT2D eigenvalue weighted by Gasteiger charge is 2.26. The van der Waals surface area contributed by atoms with Gasteiger partial charge < -0.3 is 4.90 Å². The average Bonchev–Trinajstić information content (AvgIpc) is 2.45. The summed E-state index contributed by atoms with van der Waals surface area (Å²) < 4.78 is 24.7. The lowest BCUT2D eigenvalue weighted by Gasteiger charge is -2.31. The van der Waals surface area contributed by atoms with Crippen molar-refractivity contribution in [2.45, 2.75) is 57.7 Å². The number of aryl methyl sites for hydroxylation is 2. The second kappa shape index (κ2) is 7.47. The van der Waals surface area contributed by atoms with E-state index < -0.39 is 15.6 Å². The van der Waals surface area contributed by atoms with Crippen molar-refractivity contribution in [2.75, 3.05) is 12.8 Å². The van der Waals surface area contributed by atoms with Crippen LogP contribution in [-0.2, 0) is 20.4 Å². The average molecular weight is 337 g/mol. The lowest BCUT2D eigenvalue weighted by Crippen LogP contribution is -2.41. The van der Waals surface area contributed by atoms with E-state index in [9.17, 15) is 13.2 Å². The van der Waals surface area contributed by atoms with Gasteiger partial charge in [-0.05, 0) is 32.3 Å². The van der Waals surface area contributed by atoms with Gasteiger partial charge in [-0.15, -0.1) is 0 Å². The zero-order valence-electron chi connectivity index (χ0n) is 14.3. The minimum Gasteiger partial charge on any atom is -0.342 e. The van der Waals surface area contributed by atoms with Crippen LogP contribution in [0.5, 0.6) is 0 Å². The summed E-state index contributed by atoms with van der Waals surface area (Å²) >= 11 is 0. The van der Waals surface area contributed by atoms with E-state index in [0.29, 0.717) is 0 Å². The Morgan fingerprint density at radius 2 is 1.65 bits per heavy atom. The molecule has 0 bridgehead atoms. The Morgan fingerprint density at radius 3 is 2.22 bits per heavy atom. The first-order valence-corrected chi connectivity index (χ1v) is 10.1. The summed E-state index contributed by atoms with van der Waals surface area (Å²) in [6.07, 6.45) is 5.43. The minimum absolute atomic E-state index is 0.0697. The third-order valence-electron chi connectivity index (χ3n) is 4.53. The fourth-order valence-electron chi connectivity index (χ4n) is 3.42. The van der Waals surface area contributed by atoms with E-state index in [-0.39, 0.29) is 17.7 Å². The molecular weight excluding hydrogens is 310 g/mol. The number of hydrogen-bond acceptors (Lipinski definition) is 3. The topological polar surface area (TPSA) is 54.5 Å². The molecule has 1 aromatic carbocycles. The molecule has 0 atom stereocenters. The van der Waals surface area contributed by atoms with Crippen molar-refractivity contribution in [3.8, 4) is 0 Å². The van der Waals surface area contributed by atoms with E-state index >= 15 is 0 Å². The summed E-state index contributed by atoms with van der Waals surface area (Å²) in [5, 5.41) is 0. The Labute approximate surface area is 139 Å². The summed E-state index contributed by atoms with van der Waals surface area (Å²) in [5.74, 6) is -0.742. The van der Waals surface area contributed by atoms with Crippen LogP contribution in [0.1, 0.15) is 48.8 Å². The molecule has 0 spiro atoms. The Kier molecular flexibility index (Phi) is 5.84. The molecule has 0 N–H and O–H groups in total. The van der Waals surface area contributed by atoms with Crippen molar-refractivity contribution in [1.29, 1.82) is 0 Å². The predicted octanol–water partition coefficient (Wildman–Crippen LogP) is 3.01. The van der Waals surface area contributed by atoms with Crippen LogP contribution in [0.3, 0.4) is 0 Å². The first-order chi connectivity index (χ1) is 10.8. The van der Waals surface area contributed by atoms with Gasteiger partial charge in [-0.3, -0.25) is 4.79 Å². The number of carbonyl (C=O) groups excluding carboxylic acids is 1. The van der Waals surface area contributed by atoms with Gasteiger partial charge in [0.1, 0.15) is 5.75 Å². The molecule has 0 aromatic heterocycles. The number of sulfone groups is 1. The predicted molar refractivity (Wildman–Crippen MR) is 93.0 cm³/mol. The zero-order chi connectivity index (χ0) is 17.0. The maximum absolute atomic E-state index is 12.4. The van der Waals surface area contributed by atoms with Gasteiger partial charge in [0.15, 0.2) is 9.84 Å². The zero-order valence-corrected chi connectivity index (χ0v) is 15.2. The van der Waals surface area contributed by atoms with E-state index in [1.807, 2.05) is 32.0 Å². The highest BCUT2D eigenvalue weighted by Crippen LogP contribution is 2.22. The molecule has 128 valence electrons. The second-order valence-corrected chi connectivity index (χ2v) is 8.89. The van der Waals surface area contributed by atoms with Crippen LogP contribution in [0, 0.1) is 13.8 Å². The van der Waals surface area contributed by atoms with Crippen LogP contribution in [0.25, 0.3) is 0 Å². The van der Waals surface area contributed by atoms with Gasteiger partial charge >= 0.3 is 0 Å². The Balaban J connectivity index is 2.00. The lowest BCUT2D eigenvalue weighted by molar-refractivity contribution is -0.129. The molecule has 0 radical (unpaired) electrons. The summed E-state index contributed by atoms with van der Waals surface area (Å²) in [6.45, 7) is 3.90. The van der Waals surface area contributed by atoms with Gasteiger partial charge in [0.2, 0.25) is 5.91 Å². The molecule has 4 nitrogen and oxygen atoms in total. The number of carbonyl (C=O) groups is 1. The molecule has 0 heterocycles. The Morgan fingerprint density at radius 1 is 1.09 bits per heavy atom. The molecule has 1 fully saturated rings. The maximum atomic E-state index is 12.4. The summed E-state index contributed by atoms with van der Waals surface area (Å²) in [5.41, 5.74) is 2.84. The number of rotatable bonds is 5. The van der Waals surface area contributed by atoms with Gasteiger partial charge in [0, 0.05) is 13.1 Å². The van der Waals surface area contributed by atoms with E-state index in [2.05, 4.69) is 0 Å². The molecule has 23 heavy (non-hydrogen) atoms. The van der Waals surface area contributed by atoms with Crippen LogP contribution in [0.15, 0.2) is 18.2 Å². The quantitative estimate of drug-likeness (QED) is 0.830. The van der Waals surface area contributed by atoms with Crippen molar-refractivity contribution >= 4 is 15.7 Å². The lowest BCUT2D eigenvalue weighted by atomic mass is 9.94. The SMILES string of the molecule is Cc1cc(C)cc(CS(=O)(=O)CC(=O)N(C)C2CCCCC2)c1. The van der Waals surface area contributed by atoms with Gasteiger partial charge in [0.25, 0.3) is 0 Å². The van der Waals surface area contributed by atoms with Gasteiger partial charge in [0.05, 0.1) is 5.75 Å². The van der Waals surface area contributed by atoms with Gasteiger partial charge in [-0.2, -0.15) is 0 Å². The third-order valence-corrected chi connectivity index (χ3v) is 5.99. The van der Waals surface area contributed by atoms with E-state index in [0.717, 1.165) is 42.4 Å². The largest absolute Gasteiger partial charge is 0.342 e. The standard InChI is InChI=1S/C18H27NO3S/c1-14-9-15(2)11-16(10-14)12-23(21,22)13-18(20)19(3)17-7-5-4-6-8-17/h9-11,17H,4-8,12-13H2,1-3H3. The fraction of sp³-hybridized carbons (Fsp3) is 0.611. The molecule has 1 aliphatic rings. The van der Waals surface area contributed by atoms with Crippen molar-refractivity contribution in [1.82, 2.24) is 4.90 Å². The molecule has 1 amide bonds. The fourth-order valence-corrected chi connectivity index (χ4v) is 4.78. The molecule has 1 aliphatic carbocycles. The molecular formula is C18H27NO3S. The van der Waals surface area contributed by atoms with E-state index in [1.54, 1.807) is 11.9 Å². The first kappa shape index (κ1) is 18.0. The molecule has 0 unspecified atom stereocenters. The molecule has 1 aromatic rings. The third kappa shape index (κ3) is 5.34. The maximum Gasteiger partial charge on any atom is 0.237 e. The Hall–Kier alpha value is -1.36. The molecule has 5 heteroatoms. The number of nitrogens with zero attached hydrogens (tertiary/aromatic N) is 1. The van der Waals surface area contributed by atoms with Crippen LogP contribution >= 0.6 is 0 Å². The molecule has 0 aliphatic heterocycles. The monoisotopic (exact) mass is 337 g/mol. The van der Waals surface area contributed by atoms with Gasteiger partial charge in [-0.1, -0.05) is 48.6 Å². The van der Waals surface area contributed by atoms with Gasteiger partial charge in [-0.25, -0.2) is 8.42 Å². The number of benzene rings is 1. The first-order valence-electron chi connectivity index (χ1n) is 8.30. The summed E-state index contributed by atoms with van der Waals surface area (Å²) in [4.78, 5) is 14.0. The van der Waals surface area contributed by atoms with Crippen molar-refractivity contribution < 1.29 is 13.2 Å². The molecule has 0 saturated heterocycles. The highest BCUT2D eigenvalue weighted by molar-refractivity contribution is 7.91. The molecule has 2 rings (SSSR count). The minimum atomic E-state index is -3.44. The summed E-state index contributed by atoms with van der Waals surface area (Å²) in [7, 11) is -1.70. The summed E-state index contributed by atoms with van der Waals surface area (Å²) in [6, 6.07) is 5.96. The van der Waals surface area contributed by atoms with Crippen molar-refractivity contribution in [3.05, 3.63) is 34.9 Å². The van der Waals surface area contributed by atoms with Crippen LogP contribution in [0.2, 0.25) is 0 Å². The number of amides is 1. The van der Waals surface area contributed by atoms with Crippen LogP contribution < -0.4 is 0 Å².